The molecular formula is C26H31N5OS. The minimum Gasteiger partial charge on any atom is -0.348 e. The van der Waals surface area contributed by atoms with Gasteiger partial charge in [0, 0.05) is 19.1 Å². The number of rotatable bonds is 9. The number of anilines is 1. The molecule has 1 saturated carbocycles. The average Bonchev–Trinajstić information content (AvgIpc) is 3.62. The molecule has 1 aliphatic heterocycles. The summed E-state index contributed by atoms with van der Waals surface area (Å²) in [6.45, 7) is 2.10. The lowest BCUT2D eigenvalue weighted by atomic mass is 9.99. The highest BCUT2D eigenvalue weighted by Crippen LogP contribution is 2.41. The van der Waals surface area contributed by atoms with Crippen LogP contribution in [0.5, 0.6) is 0 Å². The third-order valence-electron chi connectivity index (χ3n) is 6.35. The van der Waals surface area contributed by atoms with E-state index in [0.717, 1.165) is 36.2 Å². The van der Waals surface area contributed by atoms with Crippen LogP contribution in [0.4, 0.5) is 5.95 Å². The summed E-state index contributed by atoms with van der Waals surface area (Å²) in [6, 6.07) is 20.9. The second-order valence-electron chi connectivity index (χ2n) is 8.94. The summed E-state index contributed by atoms with van der Waals surface area (Å²) < 4.78 is 2.28. The summed E-state index contributed by atoms with van der Waals surface area (Å²) in [4.78, 5) is 15.4. The number of aromatic nitrogens is 3. The van der Waals surface area contributed by atoms with E-state index in [1.54, 1.807) is 0 Å². The van der Waals surface area contributed by atoms with Crippen molar-refractivity contribution in [2.45, 2.75) is 55.8 Å². The summed E-state index contributed by atoms with van der Waals surface area (Å²) in [5.41, 5.74) is 2.33. The van der Waals surface area contributed by atoms with Crippen LogP contribution in [0, 0.1) is 0 Å². The van der Waals surface area contributed by atoms with E-state index >= 15 is 0 Å². The highest BCUT2D eigenvalue weighted by atomic mass is 32.2. The molecule has 1 aliphatic carbocycles. The first-order valence-corrected chi connectivity index (χ1v) is 13.0. The van der Waals surface area contributed by atoms with Crippen LogP contribution in [-0.4, -0.2) is 39.5 Å². The Morgan fingerprint density at radius 1 is 0.970 bits per heavy atom. The largest absolute Gasteiger partial charge is 0.348 e. The van der Waals surface area contributed by atoms with Crippen LogP contribution in [0.15, 0.2) is 65.8 Å². The van der Waals surface area contributed by atoms with Crippen molar-refractivity contribution in [1.82, 2.24) is 20.1 Å². The Labute approximate surface area is 199 Å². The number of hydrogen-bond donors (Lipinski definition) is 1. The normalized spacial score (nSPS) is 17.0. The Kier molecular flexibility index (Phi) is 6.95. The zero-order valence-electron chi connectivity index (χ0n) is 18.9. The van der Waals surface area contributed by atoms with Gasteiger partial charge >= 0.3 is 0 Å². The van der Waals surface area contributed by atoms with E-state index in [0.29, 0.717) is 11.8 Å². The lowest BCUT2D eigenvalue weighted by molar-refractivity contribution is -0.119. The first kappa shape index (κ1) is 22.0. The van der Waals surface area contributed by atoms with Crippen molar-refractivity contribution in [3.63, 3.8) is 0 Å². The summed E-state index contributed by atoms with van der Waals surface area (Å²) in [5, 5.41) is 13.1. The van der Waals surface area contributed by atoms with Gasteiger partial charge in [-0.25, -0.2) is 0 Å². The third kappa shape index (κ3) is 5.58. The van der Waals surface area contributed by atoms with E-state index in [1.807, 2.05) is 36.4 Å². The molecule has 1 aromatic heterocycles. The molecule has 2 heterocycles. The molecular weight excluding hydrogens is 430 g/mol. The Bertz CT molecular complexity index is 1050. The quantitative estimate of drug-likeness (QED) is 0.464. The van der Waals surface area contributed by atoms with Crippen LogP contribution in [0.3, 0.4) is 0 Å². The van der Waals surface area contributed by atoms with E-state index in [-0.39, 0.29) is 11.9 Å². The molecule has 3 aromatic rings. The molecule has 172 valence electrons. The zero-order chi connectivity index (χ0) is 22.5. The molecule has 1 amide bonds. The molecule has 5 rings (SSSR count). The van der Waals surface area contributed by atoms with Gasteiger partial charge in [-0.05, 0) is 49.7 Å². The van der Waals surface area contributed by atoms with Gasteiger partial charge in [0.15, 0.2) is 5.16 Å². The van der Waals surface area contributed by atoms with Crippen molar-refractivity contribution in [2.75, 3.05) is 23.7 Å². The minimum atomic E-state index is -0.0630. The minimum absolute atomic E-state index is 0.0228. The predicted octanol–water partition coefficient (Wildman–Crippen LogP) is 4.80. The topological polar surface area (TPSA) is 63.1 Å². The fourth-order valence-electron chi connectivity index (χ4n) is 4.48. The van der Waals surface area contributed by atoms with Crippen LogP contribution in [0.1, 0.15) is 55.3 Å². The molecule has 1 saturated heterocycles. The molecule has 2 fully saturated rings. The second-order valence-corrected chi connectivity index (χ2v) is 9.88. The molecule has 1 unspecified atom stereocenters. The summed E-state index contributed by atoms with van der Waals surface area (Å²) in [5.74, 6) is 1.35. The maximum absolute atomic E-state index is 13.0. The zero-order valence-corrected chi connectivity index (χ0v) is 19.7. The first-order chi connectivity index (χ1) is 16.3. The van der Waals surface area contributed by atoms with Crippen LogP contribution in [0.25, 0.3) is 0 Å². The molecule has 0 radical (unpaired) electrons. The van der Waals surface area contributed by atoms with E-state index in [2.05, 4.69) is 49.2 Å². The molecule has 2 aromatic carbocycles. The molecule has 0 spiro atoms. The molecule has 0 bridgehead atoms. The monoisotopic (exact) mass is 461 g/mol. The van der Waals surface area contributed by atoms with E-state index in [4.69, 9.17) is 0 Å². The summed E-state index contributed by atoms with van der Waals surface area (Å²) in [6.07, 6.45) is 6.83. The fourth-order valence-corrected chi connectivity index (χ4v) is 5.29. The number of thioether (sulfide) groups is 1. The molecule has 2 aliphatic rings. The van der Waals surface area contributed by atoms with E-state index < -0.39 is 0 Å². The van der Waals surface area contributed by atoms with Gasteiger partial charge in [-0.15, -0.1) is 10.2 Å². The number of carbonyl (C=O) groups is 1. The summed E-state index contributed by atoms with van der Waals surface area (Å²) >= 11 is 1.50. The molecule has 7 heteroatoms. The van der Waals surface area contributed by atoms with Gasteiger partial charge in [-0.3, -0.25) is 9.36 Å². The average molecular weight is 462 g/mol. The molecule has 33 heavy (non-hydrogen) atoms. The lowest BCUT2D eigenvalue weighted by Gasteiger charge is -2.27. The van der Waals surface area contributed by atoms with Crippen molar-refractivity contribution in [1.29, 1.82) is 0 Å². The fraction of sp³-hybridized carbons (Fsp3) is 0.423. The lowest BCUT2D eigenvalue weighted by Crippen LogP contribution is -2.32. The molecule has 6 nitrogen and oxygen atoms in total. The van der Waals surface area contributed by atoms with Gasteiger partial charge in [0.05, 0.1) is 11.8 Å². The molecule has 1 N–H and O–H groups in total. The molecule has 1 atom stereocenters. The van der Waals surface area contributed by atoms with Crippen molar-refractivity contribution >= 4 is 23.6 Å². The standard InChI is InChI=1S/C26H31N5OS/c32-24(27-23(21-12-6-2-7-13-21)18-20-10-4-1-5-11-20)19-33-26-29-28-25(31(26)22-14-15-22)30-16-8-3-9-17-30/h1-2,4-7,10-13,22-23H,3,8-9,14-19H2,(H,27,32). The maximum atomic E-state index is 13.0. The van der Waals surface area contributed by atoms with Crippen LogP contribution >= 0.6 is 11.8 Å². The number of benzene rings is 2. The van der Waals surface area contributed by atoms with Gasteiger partial charge in [-0.2, -0.15) is 0 Å². The third-order valence-corrected chi connectivity index (χ3v) is 7.29. The van der Waals surface area contributed by atoms with Gasteiger partial charge in [0.2, 0.25) is 11.9 Å². The van der Waals surface area contributed by atoms with Crippen molar-refractivity contribution < 1.29 is 4.79 Å². The van der Waals surface area contributed by atoms with Gasteiger partial charge in [0.25, 0.3) is 0 Å². The van der Waals surface area contributed by atoms with Crippen molar-refractivity contribution in [3.05, 3.63) is 71.8 Å². The van der Waals surface area contributed by atoms with Gasteiger partial charge in [0.1, 0.15) is 0 Å². The van der Waals surface area contributed by atoms with E-state index in [1.165, 1.54) is 49.4 Å². The Morgan fingerprint density at radius 3 is 2.36 bits per heavy atom. The Balaban J connectivity index is 1.26. The maximum Gasteiger partial charge on any atom is 0.230 e. The number of nitrogens with one attached hydrogen (secondary N) is 1. The van der Waals surface area contributed by atoms with Crippen molar-refractivity contribution in [2.24, 2.45) is 0 Å². The highest BCUT2D eigenvalue weighted by Gasteiger charge is 2.32. The first-order valence-electron chi connectivity index (χ1n) is 12.0. The number of hydrogen-bond acceptors (Lipinski definition) is 5. The second kappa shape index (κ2) is 10.4. The van der Waals surface area contributed by atoms with Crippen LogP contribution in [-0.2, 0) is 11.2 Å². The van der Waals surface area contributed by atoms with Gasteiger partial charge < -0.3 is 10.2 Å². The van der Waals surface area contributed by atoms with Crippen molar-refractivity contribution in [3.8, 4) is 0 Å². The SMILES string of the molecule is O=C(CSc1nnc(N2CCCCC2)n1C1CC1)NC(Cc1ccccc1)c1ccccc1. The number of piperidine rings is 1. The van der Waals surface area contributed by atoms with Gasteiger partial charge in [-0.1, -0.05) is 72.4 Å². The number of nitrogens with zero attached hydrogens (tertiary/aromatic N) is 4. The van der Waals surface area contributed by atoms with E-state index in [9.17, 15) is 4.79 Å². The number of carbonyl (C=O) groups excluding carboxylic acids is 1. The summed E-state index contributed by atoms with van der Waals surface area (Å²) in [7, 11) is 0. The van der Waals surface area contributed by atoms with Crippen LogP contribution in [0.2, 0.25) is 0 Å². The van der Waals surface area contributed by atoms with Crippen LogP contribution < -0.4 is 10.2 Å². The Morgan fingerprint density at radius 2 is 1.67 bits per heavy atom. The predicted molar refractivity (Wildman–Crippen MR) is 133 cm³/mol. The smallest absolute Gasteiger partial charge is 0.230 e. The number of amides is 1. The highest BCUT2D eigenvalue weighted by molar-refractivity contribution is 7.99. The Hall–Kier alpha value is -2.80.